The summed E-state index contributed by atoms with van der Waals surface area (Å²) >= 11 is 11.8. The Balaban J connectivity index is 1.57. The van der Waals surface area contributed by atoms with Gasteiger partial charge in [-0.3, -0.25) is 4.79 Å². The van der Waals surface area contributed by atoms with E-state index in [1.165, 1.54) is 34.6 Å². The predicted molar refractivity (Wildman–Crippen MR) is 106 cm³/mol. The van der Waals surface area contributed by atoms with Gasteiger partial charge in [0.25, 0.3) is 0 Å². The number of carbonyl (C=O) groups excluding carboxylic acids is 1. The molecule has 1 saturated heterocycles. The number of sulfonamides is 1. The second-order valence-corrected chi connectivity index (χ2v) is 9.44. The van der Waals surface area contributed by atoms with Crippen molar-refractivity contribution >= 4 is 39.1 Å². The standard InChI is InChI=1S/C19H19Cl2FN2O3S/c20-15-9-16(21)11-18(10-15)28(26,27)24-7-5-14(6-8-24)19(25)23-12-13-1-3-17(22)4-2-13/h1-4,9-11,14H,5-8,12H2,(H,23,25). The zero-order valence-corrected chi connectivity index (χ0v) is 17.2. The number of rotatable bonds is 5. The third kappa shape index (κ3) is 5.03. The molecule has 1 fully saturated rings. The molecule has 0 spiro atoms. The van der Waals surface area contributed by atoms with Gasteiger partial charge in [-0.1, -0.05) is 35.3 Å². The Morgan fingerprint density at radius 1 is 1.07 bits per heavy atom. The van der Waals surface area contributed by atoms with Crippen LogP contribution >= 0.6 is 23.2 Å². The highest BCUT2D eigenvalue weighted by molar-refractivity contribution is 7.89. The van der Waals surface area contributed by atoms with E-state index in [0.29, 0.717) is 19.4 Å². The third-order valence-corrected chi connectivity index (χ3v) is 6.99. The molecule has 1 aliphatic heterocycles. The lowest BCUT2D eigenvalue weighted by Crippen LogP contribution is -2.42. The van der Waals surface area contributed by atoms with Crippen molar-refractivity contribution in [3.63, 3.8) is 0 Å². The molecule has 0 atom stereocenters. The molecule has 1 amide bonds. The molecule has 1 heterocycles. The maximum absolute atomic E-state index is 12.9. The molecule has 0 unspecified atom stereocenters. The summed E-state index contributed by atoms with van der Waals surface area (Å²) in [7, 11) is -3.72. The largest absolute Gasteiger partial charge is 0.352 e. The van der Waals surface area contributed by atoms with Gasteiger partial charge in [0.2, 0.25) is 15.9 Å². The first-order valence-electron chi connectivity index (χ1n) is 8.74. The van der Waals surface area contributed by atoms with Crippen molar-refractivity contribution in [2.45, 2.75) is 24.3 Å². The number of carbonyl (C=O) groups is 1. The summed E-state index contributed by atoms with van der Waals surface area (Å²) in [6.07, 6.45) is 0.839. The van der Waals surface area contributed by atoms with Gasteiger partial charge in [0, 0.05) is 35.6 Å². The monoisotopic (exact) mass is 444 g/mol. The van der Waals surface area contributed by atoms with Crippen molar-refractivity contribution in [1.29, 1.82) is 0 Å². The molecule has 0 radical (unpaired) electrons. The van der Waals surface area contributed by atoms with Gasteiger partial charge < -0.3 is 5.32 Å². The highest BCUT2D eigenvalue weighted by atomic mass is 35.5. The molecule has 9 heteroatoms. The van der Waals surface area contributed by atoms with Crippen LogP contribution < -0.4 is 5.32 Å². The number of benzene rings is 2. The first-order valence-corrected chi connectivity index (χ1v) is 10.9. The molecule has 1 aliphatic rings. The highest BCUT2D eigenvalue weighted by Crippen LogP contribution is 2.28. The molecule has 28 heavy (non-hydrogen) atoms. The lowest BCUT2D eigenvalue weighted by Gasteiger charge is -2.30. The van der Waals surface area contributed by atoms with Gasteiger partial charge in [-0.25, -0.2) is 12.8 Å². The van der Waals surface area contributed by atoms with Crippen LogP contribution in [0.4, 0.5) is 4.39 Å². The van der Waals surface area contributed by atoms with E-state index in [0.717, 1.165) is 5.56 Å². The third-order valence-electron chi connectivity index (χ3n) is 4.68. The van der Waals surface area contributed by atoms with Crippen LogP contribution in [0.2, 0.25) is 10.0 Å². The van der Waals surface area contributed by atoms with Crippen LogP contribution in [0.5, 0.6) is 0 Å². The van der Waals surface area contributed by atoms with Crippen LogP contribution in [0, 0.1) is 11.7 Å². The van der Waals surface area contributed by atoms with Gasteiger partial charge in [-0.2, -0.15) is 4.31 Å². The number of hydrogen-bond acceptors (Lipinski definition) is 3. The predicted octanol–water partition coefficient (Wildman–Crippen LogP) is 3.85. The maximum atomic E-state index is 12.9. The normalized spacial score (nSPS) is 16.1. The zero-order valence-electron chi connectivity index (χ0n) is 14.9. The molecule has 5 nitrogen and oxygen atoms in total. The Kier molecular flexibility index (Phi) is 6.60. The summed E-state index contributed by atoms with van der Waals surface area (Å²) < 4.78 is 39.8. The zero-order chi connectivity index (χ0) is 20.3. The van der Waals surface area contributed by atoms with E-state index < -0.39 is 10.0 Å². The van der Waals surface area contributed by atoms with E-state index in [9.17, 15) is 17.6 Å². The van der Waals surface area contributed by atoms with Gasteiger partial charge >= 0.3 is 0 Å². The molecule has 3 rings (SSSR count). The summed E-state index contributed by atoms with van der Waals surface area (Å²) in [5, 5.41) is 3.33. The van der Waals surface area contributed by atoms with Gasteiger partial charge in [-0.15, -0.1) is 0 Å². The lowest BCUT2D eigenvalue weighted by molar-refractivity contribution is -0.126. The van der Waals surface area contributed by atoms with Crippen molar-refractivity contribution in [3.05, 3.63) is 63.9 Å². The number of halogens is 3. The molecule has 0 aromatic heterocycles. The van der Waals surface area contributed by atoms with Crippen molar-refractivity contribution in [3.8, 4) is 0 Å². The Bertz CT molecular complexity index is 939. The van der Waals surface area contributed by atoms with Gasteiger partial charge in [0.05, 0.1) is 4.90 Å². The van der Waals surface area contributed by atoms with Crippen LogP contribution in [0.25, 0.3) is 0 Å². The topological polar surface area (TPSA) is 66.5 Å². The Labute approximate surface area is 173 Å². The van der Waals surface area contributed by atoms with Gasteiger partial charge in [0.15, 0.2) is 0 Å². The maximum Gasteiger partial charge on any atom is 0.243 e. The SMILES string of the molecule is O=C(NCc1ccc(F)cc1)C1CCN(S(=O)(=O)c2cc(Cl)cc(Cl)c2)CC1. The second kappa shape index (κ2) is 8.78. The van der Waals surface area contributed by atoms with Crippen LogP contribution in [-0.2, 0) is 21.4 Å². The molecular weight excluding hydrogens is 426 g/mol. The number of hydrogen-bond donors (Lipinski definition) is 1. The number of nitrogens with one attached hydrogen (secondary N) is 1. The molecule has 0 bridgehead atoms. The van der Waals surface area contributed by atoms with E-state index >= 15 is 0 Å². The van der Waals surface area contributed by atoms with Crippen molar-refractivity contribution in [2.75, 3.05) is 13.1 Å². The summed E-state index contributed by atoms with van der Waals surface area (Å²) in [4.78, 5) is 12.4. The smallest absolute Gasteiger partial charge is 0.243 e. The average molecular weight is 445 g/mol. The summed E-state index contributed by atoms with van der Waals surface area (Å²) in [6, 6.07) is 10.1. The van der Waals surface area contributed by atoms with Gasteiger partial charge in [0.1, 0.15) is 5.82 Å². The van der Waals surface area contributed by atoms with E-state index in [1.807, 2.05) is 0 Å². The molecular formula is C19H19Cl2FN2O3S. The summed E-state index contributed by atoms with van der Waals surface area (Å²) in [6.45, 7) is 0.779. The fraction of sp³-hybridized carbons (Fsp3) is 0.316. The molecule has 2 aromatic carbocycles. The van der Waals surface area contributed by atoms with E-state index in [1.54, 1.807) is 12.1 Å². The molecule has 150 valence electrons. The minimum atomic E-state index is -3.72. The minimum absolute atomic E-state index is 0.0456. The highest BCUT2D eigenvalue weighted by Gasteiger charge is 2.32. The first kappa shape index (κ1) is 21.0. The van der Waals surface area contributed by atoms with Crippen LogP contribution in [0.3, 0.4) is 0 Å². The molecule has 1 N–H and O–H groups in total. The lowest BCUT2D eigenvalue weighted by atomic mass is 9.97. The van der Waals surface area contributed by atoms with Gasteiger partial charge in [-0.05, 0) is 48.7 Å². The van der Waals surface area contributed by atoms with Crippen LogP contribution in [0.15, 0.2) is 47.4 Å². The van der Waals surface area contributed by atoms with Crippen LogP contribution in [0.1, 0.15) is 18.4 Å². The fourth-order valence-electron chi connectivity index (χ4n) is 3.12. The fourth-order valence-corrected chi connectivity index (χ4v) is 5.32. The van der Waals surface area contributed by atoms with Crippen molar-refractivity contribution in [2.24, 2.45) is 5.92 Å². The minimum Gasteiger partial charge on any atom is -0.352 e. The molecule has 2 aromatic rings. The van der Waals surface area contributed by atoms with Crippen LogP contribution in [-0.4, -0.2) is 31.7 Å². The van der Waals surface area contributed by atoms with Crippen molar-refractivity contribution in [1.82, 2.24) is 9.62 Å². The second-order valence-electron chi connectivity index (χ2n) is 6.63. The Morgan fingerprint density at radius 3 is 2.21 bits per heavy atom. The quantitative estimate of drug-likeness (QED) is 0.761. The van der Waals surface area contributed by atoms with E-state index in [2.05, 4.69) is 5.32 Å². The average Bonchev–Trinajstić information content (AvgIpc) is 2.66. The summed E-state index contributed by atoms with van der Waals surface area (Å²) in [5.41, 5.74) is 0.799. The Hall–Kier alpha value is -1.67. The van der Waals surface area contributed by atoms with Crippen molar-refractivity contribution < 1.29 is 17.6 Å². The number of amides is 1. The number of piperidine rings is 1. The first-order chi connectivity index (χ1) is 13.3. The number of nitrogens with zero attached hydrogens (tertiary/aromatic N) is 1. The van der Waals surface area contributed by atoms with E-state index in [4.69, 9.17) is 23.2 Å². The molecule has 0 saturated carbocycles. The summed E-state index contributed by atoms with van der Waals surface area (Å²) in [5.74, 6) is -0.730. The Morgan fingerprint density at radius 2 is 1.64 bits per heavy atom. The van der Waals surface area contributed by atoms with E-state index in [-0.39, 0.29) is 45.7 Å². The molecule has 0 aliphatic carbocycles.